The van der Waals surface area contributed by atoms with Gasteiger partial charge in [-0.3, -0.25) is 4.99 Å². The Hall–Kier alpha value is -2.50. The van der Waals surface area contributed by atoms with Gasteiger partial charge in [-0.1, -0.05) is 6.07 Å². The molecule has 0 amide bonds. The van der Waals surface area contributed by atoms with Gasteiger partial charge in [-0.05, 0) is 18.2 Å². The van der Waals surface area contributed by atoms with Crippen LogP contribution in [0.5, 0.6) is 5.88 Å². The molecular formula is C14H18N4O2. The predicted octanol–water partition coefficient (Wildman–Crippen LogP) is 1.55. The van der Waals surface area contributed by atoms with Gasteiger partial charge in [0.2, 0.25) is 5.88 Å². The molecule has 0 bridgehead atoms. The van der Waals surface area contributed by atoms with Crippen molar-refractivity contribution in [3.63, 3.8) is 0 Å². The monoisotopic (exact) mass is 274 g/mol. The van der Waals surface area contributed by atoms with Crippen molar-refractivity contribution in [2.45, 2.75) is 13.1 Å². The molecule has 0 unspecified atom stereocenters. The lowest BCUT2D eigenvalue weighted by atomic mass is 10.3. The zero-order chi connectivity index (χ0) is 14.2. The quantitative estimate of drug-likeness (QED) is 0.639. The molecule has 0 atom stereocenters. The van der Waals surface area contributed by atoms with E-state index in [1.54, 1.807) is 20.4 Å². The minimum Gasteiger partial charge on any atom is -0.481 e. The zero-order valence-electron chi connectivity index (χ0n) is 11.6. The third-order valence-electron chi connectivity index (χ3n) is 2.66. The van der Waals surface area contributed by atoms with Crippen LogP contribution in [0.15, 0.2) is 46.0 Å². The number of hydrogen-bond acceptors (Lipinski definition) is 4. The second-order valence-electron chi connectivity index (χ2n) is 4.03. The smallest absolute Gasteiger partial charge is 0.213 e. The molecule has 2 N–H and O–H groups in total. The number of aromatic nitrogens is 1. The Morgan fingerprint density at radius 1 is 1.25 bits per heavy atom. The molecule has 0 aromatic carbocycles. The summed E-state index contributed by atoms with van der Waals surface area (Å²) in [6.45, 7) is 1.15. The van der Waals surface area contributed by atoms with Gasteiger partial charge < -0.3 is 19.8 Å². The molecule has 2 heterocycles. The summed E-state index contributed by atoms with van der Waals surface area (Å²) in [7, 11) is 3.32. The molecule has 20 heavy (non-hydrogen) atoms. The van der Waals surface area contributed by atoms with Crippen molar-refractivity contribution in [1.82, 2.24) is 15.6 Å². The third kappa shape index (κ3) is 4.01. The van der Waals surface area contributed by atoms with Crippen molar-refractivity contribution < 1.29 is 9.15 Å². The van der Waals surface area contributed by atoms with E-state index in [-0.39, 0.29) is 0 Å². The maximum atomic E-state index is 5.25. The molecule has 0 saturated heterocycles. The molecular weight excluding hydrogens is 256 g/mol. The zero-order valence-corrected chi connectivity index (χ0v) is 11.6. The first-order valence-electron chi connectivity index (χ1n) is 6.28. The lowest BCUT2D eigenvalue weighted by Gasteiger charge is -2.11. The number of aliphatic imine (C=N–C) groups is 1. The van der Waals surface area contributed by atoms with E-state index in [1.807, 2.05) is 30.3 Å². The fraction of sp³-hybridized carbons (Fsp3) is 0.286. The van der Waals surface area contributed by atoms with E-state index in [9.17, 15) is 0 Å². The summed E-state index contributed by atoms with van der Waals surface area (Å²) in [6, 6.07) is 9.40. The summed E-state index contributed by atoms with van der Waals surface area (Å²) in [5.41, 5.74) is 0.880. The Bertz CT molecular complexity index is 552. The van der Waals surface area contributed by atoms with Crippen LogP contribution in [-0.2, 0) is 13.1 Å². The molecule has 0 spiro atoms. The van der Waals surface area contributed by atoms with Crippen LogP contribution >= 0.6 is 0 Å². The maximum absolute atomic E-state index is 5.25. The highest BCUT2D eigenvalue weighted by atomic mass is 16.5. The number of furan rings is 1. The van der Waals surface area contributed by atoms with Crippen LogP contribution in [0.4, 0.5) is 0 Å². The number of hydrogen-bond donors (Lipinski definition) is 2. The molecule has 0 aliphatic heterocycles. The van der Waals surface area contributed by atoms with Crippen LogP contribution in [0.25, 0.3) is 0 Å². The van der Waals surface area contributed by atoms with E-state index in [0.717, 1.165) is 11.5 Å². The van der Waals surface area contributed by atoms with Crippen molar-refractivity contribution in [2.75, 3.05) is 14.2 Å². The van der Waals surface area contributed by atoms with Gasteiger partial charge >= 0.3 is 0 Å². The van der Waals surface area contributed by atoms with Gasteiger partial charge in [0.05, 0.1) is 32.2 Å². The molecule has 2 aromatic heterocycles. The van der Waals surface area contributed by atoms with Crippen LogP contribution < -0.4 is 15.4 Å². The maximum Gasteiger partial charge on any atom is 0.213 e. The molecule has 6 heteroatoms. The highest BCUT2D eigenvalue weighted by Crippen LogP contribution is 2.06. The first kappa shape index (κ1) is 13.9. The van der Waals surface area contributed by atoms with Gasteiger partial charge in [-0.15, -0.1) is 0 Å². The first-order valence-corrected chi connectivity index (χ1v) is 6.28. The molecule has 0 aliphatic rings. The minimum absolute atomic E-state index is 0.565. The molecule has 2 rings (SSSR count). The van der Waals surface area contributed by atoms with Gasteiger partial charge in [0.25, 0.3) is 0 Å². The highest BCUT2D eigenvalue weighted by molar-refractivity contribution is 5.79. The fourth-order valence-electron chi connectivity index (χ4n) is 1.65. The van der Waals surface area contributed by atoms with Gasteiger partial charge in [0.1, 0.15) is 5.76 Å². The molecule has 0 radical (unpaired) electrons. The number of methoxy groups -OCH3 is 1. The number of nitrogens with one attached hydrogen (secondary N) is 2. The van der Waals surface area contributed by atoms with E-state index >= 15 is 0 Å². The summed E-state index contributed by atoms with van der Waals surface area (Å²) >= 11 is 0. The summed E-state index contributed by atoms with van der Waals surface area (Å²) in [6.07, 6.45) is 1.65. The average molecular weight is 274 g/mol. The minimum atomic E-state index is 0.565. The van der Waals surface area contributed by atoms with E-state index in [1.165, 1.54) is 0 Å². The Balaban J connectivity index is 1.84. The van der Waals surface area contributed by atoms with Crippen LogP contribution in [0.3, 0.4) is 0 Å². The lowest BCUT2D eigenvalue weighted by molar-refractivity contribution is 0.396. The topological polar surface area (TPSA) is 71.7 Å². The summed E-state index contributed by atoms with van der Waals surface area (Å²) in [4.78, 5) is 8.46. The Morgan fingerprint density at radius 3 is 2.80 bits per heavy atom. The van der Waals surface area contributed by atoms with Gasteiger partial charge in [-0.25, -0.2) is 4.98 Å². The Morgan fingerprint density at radius 2 is 2.10 bits per heavy atom. The van der Waals surface area contributed by atoms with Crippen molar-refractivity contribution >= 4 is 5.96 Å². The van der Waals surface area contributed by atoms with Crippen LogP contribution in [0, 0.1) is 0 Å². The summed E-state index contributed by atoms with van der Waals surface area (Å²) in [5, 5.41) is 6.34. The van der Waals surface area contributed by atoms with E-state index in [2.05, 4.69) is 20.6 Å². The second kappa shape index (κ2) is 7.18. The van der Waals surface area contributed by atoms with Crippen LogP contribution in [0.1, 0.15) is 11.5 Å². The second-order valence-corrected chi connectivity index (χ2v) is 4.03. The van der Waals surface area contributed by atoms with E-state index < -0.39 is 0 Å². The van der Waals surface area contributed by atoms with E-state index in [0.29, 0.717) is 24.9 Å². The lowest BCUT2D eigenvalue weighted by Crippen LogP contribution is -2.36. The van der Waals surface area contributed by atoms with Crippen LogP contribution in [0.2, 0.25) is 0 Å². The number of pyridine rings is 1. The summed E-state index contributed by atoms with van der Waals surface area (Å²) in [5.74, 6) is 2.14. The molecule has 2 aromatic rings. The third-order valence-corrected chi connectivity index (χ3v) is 2.66. The Labute approximate surface area is 117 Å². The number of guanidine groups is 1. The molecule has 0 aliphatic carbocycles. The fourth-order valence-corrected chi connectivity index (χ4v) is 1.65. The van der Waals surface area contributed by atoms with Crippen LogP contribution in [-0.4, -0.2) is 25.1 Å². The highest BCUT2D eigenvalue weighted by Gasteiger charge is 2.02. The van der Waals surface area contributed by atoms with Gasteiger partial charge in [0, 0.05) is 13.1 Å². The average Bonchev–Trinajstić information content (AvgIpc) is 3.01. The van der Waals surface area contributed by atoms with Crippen molar-refractivity contribution in [2.24, 2.45) is 4.99 Å². The van der Waals surface area contributed by atoms with Crippen molar-refractivity contribution in [3.8, 4) is 5.88 Å². The molecule has 0 saturated carbocycles. The summed E-state index contributed by atoms with van der Waals surface area (Å²) < 4.78 is 10.3. The van der Waals surface area contributed by atoms with Crippen molar-refractivity contribution in [3.05, 3.63) is 48.0 Å². The predicted molar refractivity (Wildman–Crippen MR) is 76.5 cm³/mol. The molecule has 6 nitrogen and oxygen atoms in total. The number of ether oxygens (including phenoxy) is 1. The SMILES string of the molecule is CN=C(NCc1cccc(OC)n1)NCc1ccco1. The normalized spacial score (nSPS) is 11.2. The number of rotatable bonds is 5. The van der Waals surface area contributed by atoms with Crippen molar-refractivity contribution in [1.29, 1.82) is 0 Å². The van der Waals surface area contributed by atoms with Gasteiger partial charge in [-0.2, -0.15) is 0 Å². The van der Waals surface area contributed by atoms with Gasteiger partial charge in [0.15, 0.2) is 5.96 Å². The number of nitrogens with zero attached hydrogens (tertiary/aromatic N) is 2. The molecule has 0 fully saturated rings. The molecule has 106 valence electrons. The largest absolute Gasteiger partial charge is 0.481 e. The Kier molecular flexibility index (Phi) is 5.00. The van der Waals surface area contributed by atoms with E-state index in [4.69, 9.17) is 9.15 Å². The standard InChI is InChI=1S/C14H18N4O2/c1-15-14(17-10-12-6-4-8-20-12)16-9-11-5-3-7-13(18-11)19-2/h3-8H,9-10H2,1-2H3,(H2,15,16,17). The first-order chi connectivity index (χ1) is 9.81.